The van der Waals surface area contributed by atoms with E-state index in [0.29, 0.717) is 19.3 Å². The van der Waals surface area contributed by atoms with Crippen molar-refractivity contribution >= 4 is 17.9 Å². The fourth-order valence-corrected chi connectivity index (χ4v) is 7.07. The molecule has 0 bridgehead atoms. The summed E-state index contributed by atoms with van der Waals surface area (Å²) in [6.07, 6.45) is 39.5. The number of esters is 3. The van der Waals surface area contributed by atoms with Crippen molar-refractivity contribution in [2.75, 3.05) is 13.2 Å². The monoisotopic (exact) mass is 765 g/mol. The number of hydrogen-bond donors (Lipinski definition) is 0. The van der Waals surface area contributed by atoms with Crippen LogP contribution in [0, 0.1) is 11.8 Å². The SMILES string of the molecule is CCCCCCCCCCCCCCCCCC(=O)OC[C@@H](COC(=O)CCCCCCCCCCC(C)C)OC(=O)CCCCCCCCC(C)CC. The van der Waals surface area contributed by atoms with Crippen LogP contribution in [0.4, 0.5) is 0 Å². The van der Waals surface area contributed by atoms with Crippen molar-refractivity contribution in [2.45, 2.75) is 265 Å². The highest BCUT2D eigenvalue weighted by molar-refractivity contribution is 5.71. The first-order valence-corrected chi connectivity index (χ1v) is 23.8. The third-order valence-corrected chi connectivity index (χ3v) is 11.1. The van der Waals surface area contributed by atoms with Crippen LogP contribution in [-0.2, 0) is 28.6 Å². The van der Waals surface area contributed by atoms with Crippen molar-refractivity contribution in [3.05, 3.63) is 0 Å². The average molecular weight is 765 g/mol. The highest BCUT2D eigenvalue weighted by atomic mass is 16.6. The molecule has 320 valence electrons. The molecule has 0 saturated heterocycles. The normalized spacial score (nSPS) is 12.6. The molecule has 6 heteroatoms. The second-order valence-electron chi connectivity index (χ2n) is 17.1. The standard InChI is InChI=1S/C48H92O6/c1-6-8-9-10-11-12-13-14-15-16-17-18-22-28-33-38-46(49)52-41-45(54-48(51)40-35-30-25-24-27-32-37-44(5)7-2)42-53-47(50)39-34-29-23-20-19-21-26-31-36-43(3)4/h43-45H,6-42H2,1-5H3/t44?,45-/m0/s1. The van der Waals surface area contributed by atoms with E-state index in [9.17, 15) is 14.4 Å². The summed E-state index contributed by atoms with van der Waals surface area (Å²) in [6, 6.07) is 0. The maximum Gasteiger partial charge on any atom is 0.306 e. The maximum atomic E-state index is 12.7. The summed E-state index contributed by atoms with van der Waals surface area (Å²) < 4.78 is 16.7. The summed E-state index contributed by atoms with van der Waals surface area (Å²) in [6.45, 7) is 11.3. The Kier molecular flexibility index (Phi) is 39.8. The predicted octanol–water partition coefficient (Wildman–Crippen LogP) is 15.0. The Morgan fingerprint density at radius 2 is 0.704 bits per heavy atom. The van der Waals surface area contributed by atoms with E-state index in [0.717, 1.165) is 69.6 Å². The lowest BCUT2D eigenvalue weighted by Gasteiger charge is -2.18. The molecule has 0 heterocycles. The van der Waals surface area contributed by atoms with Crippen molar-refractivity contribution < 1.29 is 28.6 Å². The van der Waals surface area contributed by atoms with Gasteiger partial charge in [0.05, 0.1) is 0 Å². The van der Waals surface area contributed by atoms with Gasteiger partial charge < -0.3 is 14.2 Å². The van der Waals surface area contributed by atoms with Crippen LogP contribution >= 0.6 is 0 Å². The van der Waals surface area contributed by atoms with Gasteiger partial charge in [-0.15, -0.1) is 0 Å². The largest absolute Gasteiger partial charge is 0.462 e. The highest BCUT2D eigenvalue weighted by Gasteiger charge is 2.19. The quantitative estimate of drug-likeness (QED) is 0.0350. The second-order valence-corrected chi connectivity index (χ2v) is 17.1. The van der Waals surface area contributed by atoms with Crippen LogP contribution in [0.25, 0.3) is 0 Å². The Labute approximate surface area is 336 Å². The van der Waals surface area contributed by atoms with Gasteiger partial charge in [0, 0.05) is 19.3 Å². The molecule has 0 aromatic rings. The number of rotatable bonds is 42. The molecule has 0 spiro atoms. The van der Waals surface area contributed by atoms with Crippen LogP contribution in [0.1, 0.15) is 259 Å². The molecule has 0 aliphatic carbocycles. The first-order valence-electron chi connectivity index (χ1n) is 23.8. The Morgan fingerprint density at radius 3 is 1.06 bits per heavy atom. The molecule has 54 heavy (non-hydrogen) atoms. The van der Waals surface area contributed by atoms with Gasteiger partial charge in [-0.3, -0.25) is 14.4 Å². The van der Waals surface area contributed by atoms with Crippen molar-refractivity contribution in [2.24, 2.45) is 11.8 Å². The molecular formula is C48H92O6. The lowest BCUT2D eigenvalue weighted by Crippen LogP contribution is -2.30. The minimum atomic E-state index is -0.761. The van der Waals surface area contributed by atoms with Crippen LogP contribution in [-0.4, -0.2) is 37.2 Å². The fourth-order valence-electron chi connectivity index (χ4n) is 7.07. The fraction of sp³-hybridized carbons (Fsp3) is 0.938. The third kappa shape index (κ3) is 40.1. The number of ether oxygens (including phenoxy) is 3. The van der Waals surface area contributed by atoms with Crippen LogP contribution in [0.3, 0.4) is 0 Å². The molecule has 0 aromatic carbocycles. The van der Waals surface area contributed by atoms with Gasteiger partial charge in [-0.05, 0) is 31.1 Å². The van der Waals surface area contributed by atoms with E-state index < -0.39 is 6.10 Å². The molecule has 2 atom stereocenters. The number of hydrogen-bond acceptors (Lipinski definition) is 6. The lowest BCUT2D eigenvalue weighted by atomic mass is 10.00. The summed E-state index contributed by atoms with van der Waals surface area (Å²) in [4.78, 5) is 37.7. The molecule has 1 unspecified atom stereocenters. The molecular weight excluding hydrogens is 673 g/mol. The van der Waals surface area contributed by atoms with Gasteiger partial charge in [-0.1, -0.05) is 221 Å². The van der Waals surface area contributed by atoms with Crippen molar-refractivity contribution in [1.82, 2.24) is 0 Å². The van der Waals surface area contributed by atoms with Crippen LogP contribution in [0.5, 0.6) is 0 Å². The second kappa shape index (κ2) is 41.1. The zero-order valence-corrected chi connectivity index (χ0v) is 36.8. The van der Waals surface area contributed by atoms with Gasteiger partial charge in [0.15, 0.2) is 6.10 Å². The summed E-state index contributed by atoms with van der Waals surface area (Å²) in [5.74, 6) is 0.747. The number of carbonyl (C=O) groups excluding carboxylic acids is 3. The van der Waals surface area contributed by atoms with Gasteiger partial charge >= 0.3 is 17.9 Å². The smallest absolute Gasteiger partial charge is 0.306 e. The van der Waals surface area contributed by atoms with E-state index in [-0.39, 0.29) is 31.1 Å². The maximum absolute atomic E-state index is 12.7. The molecule has 0 N–H and O–H groups in total. The minimum absolute atomic E-state index is 0.0655. The lowest BCUT2D eigenvalue weighted by molar-refractivity contribution is -0.167. The summed E-state index contributed by atoms with van der Waals surface area (Å²) in [5, 5.41) is 0. The molecule has 6 nitrogen and oxygen atoms in total. The first-order chi connectivity index (χ1) is 26.3. The molecule has 0 aliphatic rings. The van der Waals surface area contributed by atoms with Crippen LogP contribution < -0.4 is 0 Å². The zero-order valence-electron chi connectivity index (χ0n) is 36.8. The Balaban J connectivity index is 4.30. The van der Waals surface area contributed by atoms with Crippen molar-refractivity contribution in [3.8, 4) is 0 Å². The Hall–Kier alpha value is -1.59. The molecule has 0 aromatic heterocycles. The van der Waals surface area contributed by atoms with E-state index in [2.05, 4.69) is 34.6 Å². The molecule has 0 fully saturated rings. The number of unbranched alkanes of at least 4 members (excludes halogenated alkanes) is 26. The summed E-state index contributed by atoms with van der Waals surface area (Å²) in [5.41, 5.74) is 0. The van der Waals surface area contributed by atoms with Crippen molar-refractivity contribution in [1.29, 1.82) is 0 Å². The Bertz CT molecular complexity index is 826. The van der Waals surface area contributed by atoms with Crippen LogP contribution in [0.15, 0.2) is 0 Å². The molecule has 0 rings (SSSR count). The van der Waals surface area contributed by atoms with E-state index in [1.807, 2.05) is 0 Å². The summed E-state index contributed by atoms with van der Waals surface area (Å²) >= 11 is 0. The topological polar surface area (TPSA) is 78.9 Å². The van der Waals surface area contributed by atoms with Gasteiger partial charge in [0.1, 0.15) is 13.2 Å². The first kappa shape index (κ1) is 52.4. The minimum Gasteiger partial charge on any atom is -0.462 e. The zero-order chi connectivity index (χ0) is 39.7. The van der Waals surface area contributed by atoms with Gasteiger partial charge in [0.25, 0.3) is 0 Å². The third-order valence-electron chi connectivity index (χ3n) is 11.1. The van der Waals surface area contributed by atoms with E-state index in [1.165, 1.54) is 148 Å². The highest BCUT2D eigenvalue weighted by Crippen LogP contribution is 2.17. The number of carbonyl (C=O) groups is 3. The molecule has 0 radical (unpaired) electrons. The van der Waals surface area contributed by atoms with E-state index in [1.54, 1.807) is 0 Å². The van der Waals surface area contributed by atoms with E-state index in [4.69, 9.17) is 14.2 Å². The summed E-state index contributed by atoms with van der Waals surface area (Å²) in [7, 11) is 0. The van der Waals surface area contributed by atoms with Gasteiger partial charge in [0.2, 0.25) is 0 Å². The Morgan fingerprint density at radius 1 is 0.389 bits per heavy atom. The molecule has 0 aliphatic heterocycles. The van der Waals surface area contributed by atoms with Crippen LogP contribution in [0.2, 0.25) is 0 Å². The predicted molar refractivity (Wildman–Crippen MR) is 229 cm³/mol. The average Bonchev–Trinajstić information content (AvgIpc) is 3.15. The molecule has 0 saturated carbocycles. The molecule has 0 amide bonds. The van der Waals surface area contributed by atoms with E-state index >= 15 is 0 Å². The van der Waals surface area contributed by atoms with Gasteiger partial charge in [-0.25, -0.2) is 0 Å². The van der Waals surface area contributed by atoms with Gasteiger partial charge in [-0.2, -0.15) is 0 Å². The van der Waals surface area contributed by atoms with Crippen molar-refractivity contribution in [3.63, 3.8) is 0 Å².